The number of nitrogens with one attached hydrogen (secondary N) is 1. The molecule has 136 valence electrons. The number of anilines is 1. The lowest BCUT2D eigenvalue weighted by Crippen LogP contribution is -2.36. The maximum Gasteiger partial charge on any atom is 0.274 e. The number of rotatable bonds is 4. The fourth-order valence-corrected chi connectivity index (χ4v) is 3.28. The molecule has 4 rings (SSSR count). The number of halogens is 1. The van der Waals surface area contributed by atoms with Gasteiger partial charge in [-0.1, -0.05) is 48.0 Å². The van der Waals surface area contributed by atoms with Gasteiger partial charge in [-0.15, -0.1) is 0 Å². The molecule has 0 fully saturated rings. The number of nitrogens with zero attached hydrogens (tertiary/aromatic N) is 3. The first-order valence-corrected chi connectivity index (χ1v) is 9.23. The van der Waals surface area contributed by atoms with Crippen molar-refractivity contribution in [1.82, 2.24) is 14.9 Å². The van der Waals surface area contributed by atoms with Crippen LogP contribution in [0.1, 0.15) is 27.2 Å². The fourth-order valence-electron chi connectivity index (χ4n) is 3.16. The molecule has 0 radical (unpaired) electrons. The lowest BCUT2D eigenvalue weighted by molar-refractivity contribution is 0.0728. The summed E-state index contributed by atoms with van der Waals surface area (Å²) in [6, 6.07) is 15.9. The summed E-state index contributed by atoms with van der Waals surface area (Å²) in [4.78, 5) is 23.2. The minimum Gasteiger partial charge on any atom is -0.365 e. The largest absolute Gasteiger partial charge is 0.365 e. The molecule has 1 aliphatic heterocycles. The van der Waals surface area contributed by atoms with E-state index in [0.29, 0.717) is 36.2 Å². The summed E-state index contributed by atoms with van der Waals surface area (Å²) in [6.07, 6.45) is 4.00. The van der Waals surface area contributed by atoms with Crippen molar-refractivity contribution in [2.24, 2.45) is 0 Å². The third-order valence-corrected chi connectivity index (χ3v) is 4.93. The highest BCUT2D eigenvalue weighted by Gasteiger charge is 2.22. The van der Waals surface area contributed by atoms with Crippen LogP contribution in [0.3, 0.4) is 0 Å². The standard InChI is InChI=1S/C21H19ClN4O/c22-18-7-5-15(6-8-18)11-24-20-13-23-19(12-25-20)21(27)26-10-9-16-3-1-2-4-17(16)14-26/h1-8,12-13H,9-11,14H2,(H,24,25). The van der Waals surface area contributed by atoms with Gasteiger partial charge in [0, 0.05) is 24.7 Å². The van der Waals surface area contributed by atoms with Gasteiger partial charge in [-0.25, -0.2) is 9.97 Å². The van der Waals surface area contributed by atoms with Crippen LogP contribution in [0.2, 0.25) is 5.02 Å². The molecule has 6 heteroatoms. The van der Waals surface area contributed by atoms with Gasteiger partial charge >= 0.3 is 0 Å². The van der Waals surface area contributed by atoms with Gasteiger partial charge in [-0.3, -0.25) is 4.79 Å². The van der Waals surface area contributed by atoms with Crippen LogP contribution in [0, 0.1) is 0 Å². The van der Waals surface area contributed by atoms with Crippen molar-refractivity contribution in [3.05, 3.63) is 88.3 Å². The topological polar surface area (TPSA) is 58.1 Å². The minimum absolute atomic E-state index is 0.0822. The molecule has 1 amide bonds. The molecule has 27 heavy (non-hydrogen) atoms. The Balaban J connectivity index is 1.38. The smallest absolute Gasteiger partial charge is 0.274 e. The van der Waals surface area contributed by atoms with Crippen LogP contribution in [0.5, 0.6) is 0 Å². The Morgan fingerprint density at radius 1 is 1.04 bits per heavy atom. The molecular weight excluding hydrogens is 360 g/mol. The Bertz CT molecular complexity index is 941. The number of benzene rings is 2. The zero-order valence-corrected chi connectivity index (χ0v) is 15.5. The summed E-state index contributed by atoms with van der Waals surface area (Å²) in [5.74, 6) is 0.548. The summed E-state index contributed by atoms with van der Waals surface area (Å²) >= 11 is 5.89. The summed E-state index contributed by atoms with van der Waals surface area (Å²) in [6.45, 7) is 1.93. The Kier molecular flexibility index (Phi) is 5.03. The normalized spacial score (nSPS) is 13.1. The van der Waals surface area contributed by atoms with Crippen LogP contribution in [-0.4, -0.2) is 27.3 Å². The van der Waals surface area contributed by atoms with Crippen molar-refractivity contribution < 1.29 is 4.79 Å². The number of hydrogen-bond donors (Lipinski definition) is 1. The molecule has 0 unspecified atom stereocenters. The van der Waals surface area contributed by atoms with E-state index in [1.807, 2.05) is 41.3 Å². The zero-order chi connectivity index (χ0) is 18.6. The molecular formula is C21H19ClN4O. The molecule has 0 atom stereocenters. The van der Waals surface area contributed by atoms with Crippen LogP contribution in [-0.2, 0) is 19.5 Å². The molecule has 1 N–H and O–H groups in total. The van der Waals surface area contributed by atoms with Crippen molar-refractivity contribution in [2.45, 2.75) is 19.5 Å². The van der Waals surface area contributed by atoms with Gasteiger partial charge in [0.05, 0.1) is 12.4 Å². The molecule has 0 bridgehead atoms. The Labute approximate surface area is 163 Å². The van der Waals surface area contributed by atoms with Crippen molar-refractivity contribution in [2.75, 3.05) is 11.9 Å². The molecule has 0 aliphatic carbocycles. The quantitative estimate of drug-likeness (QED) is 0.747. The molecule has 3 aromatic rings. The molecule has 0 spiro atoms. The summed E-state index contributed by atoms with van der Waals surface area (Å²) in [7, 11) is 0. The minimum atomic E-state index is -0.0822. The number of carbonyl (C=O) groups excluding carboxylic acids is 1. The lowest BCUT2D eigenvalue weighted by atomic mass is 10.00. The van der Waals surface area contributed by atoms with Crippen molar-refractivity contribution >= 4 is 23.3 Å². The average Bonchev–Trinajstić information content (AvgIpc) is 2.73. The molecule has 2 aromatic carbocycles. The number of aromatic nitrogens is 2. The molecule has 0 saturated heterocycles. The zero-order valence-electron chi connectivity index (χ0n) is 14.7. The van der Waals surface area contributed by atoms with Crippen LogP contribution in [0.25, 0.3) is 0 Å². The molecule has 1 aliphatic rings. The fraction of sp³-hybridized carbons (Fsp3) is 0.190. The highest BCUT2D eigenvalue weighted by Crippen LogP contribution is 2.20. The van der Waals surface area contributed by atoms with Gasteiger partial charge in [0.15, 0.2) is 0 Å². The van der Waals surface area contributed by atoms with Crippen LogP contribution in [0.15, 0.2) is 60.9 Å². The molecule has 2 heterocycles. The van der Waals surface area contributed by atoms with Crippen molar-refractivity contribution in [3.8, 4) is 0 Å². The Morgan fingerprint density at radius 2 is 1.81 bits per heavy atom. The van der Waals surface area contributed by atoms with Crippen LogP contribution in [0.4, 0.5) is 5.82 Å². The van der Waals surface area contributed by atoms with E-state index in [-0.39, 0.29) is 5.91 Å². The third kappa shape index (κ3) is 4.09. The Morgan fingerprint density at radius 3 is 2.56 bits per heavy atom. The van der Waals surface area contributed by atoms with Gasteiger partial charge in [0.2, 0.25) is 0 Å². The van der Waals surface area contributed by atoms with E-state index in [1.165, 1.54) is 17.3 Å². The maximum absolute atomic E-state index is 12.7. The predicted molar refractivity (Wildman–Crippen MR) is 106 cm³/mol. The van der Waals surface area contributed by atoms with Gasteiger partial charge in [-0.05, 0) is 35.2 Å². The number of amides is 1. The summed E-state index contributed by atoms with van der Waals surface area (Å²) < 4.78 is 0. The third-order valence-electron chi connectivity index (χ3n) is 4.68. The van der Waals surface area contributed by atoms with Gasteiger partial charge in [0.25, 0.3) is 5.91 Å². The van der Waals surface area contributed by atoms with E-state index < -0.39 is 0 Å². The highest BCUT2D eigenvalue weighted by atomic mass is 35.5. The van der Waals surface area contributed by atoms with E-state index in [1.54, 1.807) is 6.20 Å². The van der Waals surface area contributed by atoms with Crippen molar-refractivity contribution in [3.63, 3.8) is 0 Å². The second-order valence-electron chi connectivity index (χ2n) is 6.51. The van der Waals surface area contributed by atoms with Gasteiger partial charge in [0.1, 0.15) is 11.5 Å². The first-order chi connectivity index (χ1) is 13.2. The van der Waals surface area contributed by atoms with Gasteiger partial charge < -0.3 is 10.2 Å². The summed E-state index contributed by atoms with van der Waals surface area (Å²) in [5.41, 5.74) is 3.97. The number of hydrogen-bond acceptors (Lipinski definition) is 4. The monoisotopic (exact) mass is 378 g/mol. The number of carbonyl (C=O) groups is 1. The highest BCUT2D eigenvalue weighted by molar-refractivity contribution is 6.30. The lowest BCUT2D eigenvalue weighted by Gasteiger charge is -2.28. The second-order valence-corrected chi connectivity index (χ2v) is 6.95. The second kappa shape index (κ2) is 7.76. The van der Waals surface area contributed by atoms with Gasteiger partial charge in [-0.2, -0.15) is 0 Å². The first kappa shape index (κ1) is 17.5. The van der Waals surface area contributed by atoms with Crippen LogP contribution >= 0.6 is 11.6 Å². The SMILES string of the molecule is O=C(c1cnc(NCc2ccc(Cl)cc2)cn1)N1CCc2ccccc2C1. The van der Waals surface area contributed by atoms with E-state index in [2.05, 4.69) is 27.4 Å². The number of fused-ring (bicyclic) bond motifs is 1. The predicted octanol–water partition coefficient (Wildman–Crippen LogP) is 3.94. The first-order valence-electron chi connectivity index (χ1n) is 8.85. The average molecular weight is 379 g/mol. The summed E-state index contributed by atoms with van der Waals surface area (Å²) in [5, 5.41) is 3.91. The molecule has 5 nitrogen and oxygen atoms in total. The van der Waals surface area contributed by atoms with E-state index in [9.17, 15) is 4.79 Å². The van der Waals surface area contributed by atoms with Crippen LogP contribution < -0.4 is 5.32 Å². The Hall–Kier alpha value is -2.92. The van der Waals surface area contributed by atoms with E-state index in [0.717, 1.165) is 12.0 Å². The van der Waals surface area contributed by atoms with E-state index in [4.69, 9.17) is 11.6 Å². The molecule has 0 saturated carbocycles. The van der Waals surface area contributed by atoms with E-state index >= 15 is 0 Å². The molecule has 1 aromatic heterocycles. The van der Waals surface area contributed by atoms with Crippen molar-refractivity contribution in [1.29, 1.82) is 0 Å². The maximum atomic E-state index is 12.7.